The fourth-order valence-corrected chi connectivity index (χ4v) is 4.00. The monoisotopic (exact) mass is 353 g/mol. The first kappa shape index (κ1) is 17.3. The summed E-state index contributed by atoms with van der Waals surface area (Å²) in [4.78, 5) is 25.8. The second-order valence-electron chi connectivity index (χ2n) is 6.14. The maximum Gasteiger partial charge on any atom is 0.307 e. The Hall–Kier alpha value is -2.53. The van der Waals surface area contributed by atoms with Crippen LogP contribution in [0.15, 0.2) is 58.5 Å². The first-order valence-corrected chi connectivity index (χ1v) is 8.82. The van der Waals surface area contributed by atoms with E-state index in [1.165, 1.54) is 12.5 Å². The van der Waals surface area contributed by atoms with Crippen LogP contribution in [-0.4, -0.2) is 16.9 Å². The van der Waals surface area contributed by atoms with E-state index in [2.05, 4.69) is 17.0 Å². The molecule has 1 N–H and O–H groups in total. The number of fused-ring (bicyclic) bond motifs is 1. The minimum absolute atomic E-state index is 0.00434. The second kappa shape index (κ2) is 7.15. The number of carbonyl (C=O) groups excluding carboxylic acids is 1. The van der Waals surface area contributed by atoms with Gasteiger partial charge >= 0.3 is 5.97 Å². The van der Waals surface area contributed by atoms with Crippen molar-refractivity contribution in [1.82, 2.24) is 0 Å². The number of aliphatic carboxylic acids is 1. The summed E-state index contributed by atoms with van der Waals surface area (Å²) in [6.07, 6.45) is 1.62. The standard InChI is InChI=1S/C20H19NO3S/c1-13-4-3-5-16(8-13)12-21-17-10-15(11-20(23)24)6-7-18(17)25-19(21)9-14(2)22/h3-10H,11-12H2,1-2H3,(H,23,24). The van der Waals surface area contributed by atoms with Crippen molar-refractivity contribution < 1.29 is 14.7 Å². The van der Waals surface area contributed by atoms with Crippen LogP contribution >= 0.6 is 11.8 Å². The molecule has 128 valence electrons. The molecule has 0 spiro atoms. The molecule has 0 unspecified atom stereocenters. The minimum atomic E-state index is -0.852. The van der Waals surface area contributed by atoms with Gasteiger partial charge < -0.3 is 10.0 Å². The molecule has 2 aromatic rings. The summed E-state index contributed by atoms with van der Waals surface area (Å²) in [5.41, 5.74) is 4.04. The molecule has 4 nitrogen and oxygen atoms in total. The van der Waals surface area contributed by atoms with E-state index in [1.54, 1.807) is 17.8 Å². The molecule has 0 fully saturated rings. The van der Waals surface area contributed by atoms with E-state index < -0.39 is 5.97 Å². The third-order valence-electron chi connectivity index (χ3n) is 3.90. The van der Waals surface area contributed by atoms with Gasteiger partial charge in [-0.05, 0) is 37.1 Å². The lowest BCUT2D eigenvalue weighted by Crippen LogP contribution is -2.18. The van der Waals surface area contributed by atoms with Gasteiger partial charge in [-0.2, -0.15) is 0 Å². The number of thioether (sulfide) groups is 1. The van der Waals surface area contributed by atoms with Crippen molar-refractivity contribution >= 4 is 29.2 Å². The summed E-state index contributed by atoms with van der Waals surface area (Å²) in [6, 6.07) is 13.9. The molecular weight excluding hydrogens is 334 g/mol. The van der Waals surface area contributed by atoms with Crippen LogP contribution in [0.2, 0.25) is 0 Å². The highest BCUT2D eigenvalue weighted by Gasteiger charge is 2.26. The van der Waals surface area contributed by atoms with E-state index in [0.29, 0.717) is 6.54 Å². The highest BCUT2D eigenvalue weighted by atomic mass is 32.2. The van der Waals surface area contributed by atoms with Gasteiger partial charge in [0.25, 0.3) is 0 Å². The largest absolute Gasteiger partial charge is 0.481 e. The number of hydrogen-bond acceptors (Lipinski definition) is 4. The number of carboxylic acids is 1. The number of aryl methyl sites for hydroxylation is 1. The number of benzene rings is 2. The Morgan fingerprint density at radius 2 is 1.96 bits per heavy atom. The Morgan fingerprint density at radius 1 is 1.16 bits per heavy atom. The van der Waals surface area contributed by atoms with E-state index in [1.807, 2.05) is 37.3 Å². The third kappa shape index (κ3) is 4.12. The summed E-state index contributed by atoms with van der Waals surface area (Å²) in [5.74, 6) is -0.856. The lowest BCUT2D eigenvalue weighted by atomic mass is 10.1. The Kier molecular flexibility index (Phi) is 4.95. The minimum Gasteiger partial charge on any atom is -0.481 e. The normalized spacial score (nSPS) is 14.6. The second-order valence-corrected chi connectivity index (χ2v) is 7.21. The predicted octanol–water partition coefficient (Wildman–Crippen LogP) is 4.16. The van der Waals surface area contributed by atoms with Crippen LogP contribution in [-0.2, 0) is 22.6 Å². The first-order valence-electron chi connectivity index (χ1n) is 8.00. The van der Waals surface area contributed by atoms with E-state index in [9.17, 15) is 9.59 Å². The number of ketones is 1. The van der Waals surface area contributed by atoms with Crippen molar-refractivity contribution in [3.05, 3.63) is 70.3 Å². The number of carboxylic acid groups (broad SMARTS) is 1. The van der Waals surface area contributed by atoms with Gasteiger partial charge in [0.2, 0.25) is 0 Å². The summed E-state index contributed by atoms with van der Waals surface area (Å²) >= 11 is 1.54. The number of nitrogens with zero attached hydrogens (tertiary/aromatic N) is 1. The van der Waals surface area contributed by atoms with Crippen LogP contribution in [0.25, 0.3) is 0 Å². The lowest BCUT2D eigenvalue weighted by Gasteiger charge is -2.21. The SMILES string of the molecule is CC(=O)C=C1Sc2ccc(CC(=O)O)cc2N1Cc1cccc(C)c1. The first-order chi connectivity index (χ1) is 11.9. The molecule has 0 atom stereocenters. The molecule has 0 aliphatic carbocycles. The molecule has 1 aliphatic rings. The zero-order valence-corrected chi connectivity index (χ0v) is 15.0. The molecule has 0 saturated carbocycles. The van der Waals surface area contributed by atoms with Crippen LogP contribution in [0.1, 0.15) is 23.6 Å². The van der Waals surface area contributed by atoms with Gasteiger partial charge in [0.05, 0.1) is 17.1 Å². The number of carbonyl (C=O) groups is 2. The molecule has 2 aromatic carbocycles. The maximum atomic E-state index is 11.6. The molecule has 0 radical (unpaired) electrons. The molecule has 0 aromatic heterocycles. The van der Waals surface area contributed by atoms with Gasteiger partial charge in [0, 0.05) is 17.5 Å². The van der Waals surface area contributed by atoms with Crippen molar-refractivity contribution in [2.45, 2.75) is 31.7 Å². The van der Waals surface area contributed by atoms with Gasteiger partial charge in [0.1, 0.15) is 0 Å². The third-order valence-corrected chi connectivity index (χ3v) is 5.01. The maximum absolute atomic E-state index is 11.6. The summed E-state index contributed by atoms with van der Waals surface area (Å²) in [6.45, 7) is 4.22. The molecular formula is C20H19NO3S. The molecule has 3 rings (SSSR count). The number of anilines is 1. The van der Waals surface area contributed by atoms with Gasteiger partial charge in [0.15, 0.2) is 5.78 Å². The fraction of sp³-hybridized carbons (Fsp3) is 0.200. The molecule has 1 heterocycles. The van der Waals surface area contributed by atoms with Crippen molar-refractivity contribution in [2.75, 3.05) is 4.90 Å². The Balaban J connectivity index is 1.99. The zero-order valence-electron chi connectivity index (χ0n) is 14.2. The molecule has 1 aliphatic heterocycles. The smallest absolute Gasteiger partial charge is 0.307 e. The van der Waals surface area contributed by atoms with Gasteiger partial charge in [-0.15, -0.1) is 0 Å². The van der Waals surface area contributed by atoms with E-state index in [4.69, 9.17) is 5.11 Å². The Bertz CT molecular complexity index is 873. The molecule has 5 heteroatoms. The summed E-state index contributed by atoms with van der Waals surface area (Å²) < 4.78 is 0. The highest BCUT2D eigenvalue weighted by Crippen LogP contribution is 2.47. The zero-order chi connectivity index (χ0) is 18.0. The molecule has 25 heavy (non-hydrogen) atoms. The van der Waals surface area contributed by atoms with Crippen molar-refractivity contribution in [3.63, 3.8) is 0 Å². The van der Waals surface area contributed by atoms with Gasteiger partial charge in [-0.3, -0.25) is 9.59 Å². The number of hydrogen-bond donors (Lipinski definition) is 1. The Morgan fingerprint density at radius 3 is 2.64 bits per heavy atom. The molecule has 0 amide bonds. The average Bonchev–Trinajstić information content (AvgIpc) is 2.83. The molecule has 0 bridgehead atoms. The van der Waals surface area contributed by atoms with Crippen LogP contribution in [0.3, 0.4) is 0 Å². The Labute approximate surface area is 151 Å². The predicted molar refractivity (Wildman–Crippen MR) is 99.8 cm³/mol. The molecule has 0 saturated heterocycles. The van der Waals surface area contributed by atoms with Crippen LogP contribution < -0.4 is 4.90 Å². The fourth-order valence-electron chi connectivity index (χ4n) is 2.87. The average molecular weight is 353 g/mol. The summed E-state index contributed by atoms with van der Waals surface area (Å²) in [5, 5.41) is 9.91. The van der Waals surface area contributed by atoms with E-state index >= 15 is 0 Å². The van der Waals surface area contributed by atoms with Crippen molar-refractivity contribution in [2.24, 2.45) is 0 Å². The highest BCUT2D eigenvalue weighted by molar-refractivity contribution is 8.03. The number of allylic oxidation sites excluding steroid dienone is 1. The van der Waals surface area contributed by atoms with Crippen LogP contribution in [0.5, 0.6) is 0 Å². The lowest BCUT2D eigenvalue weighted by molar-refractivity contribution is -0.136. The van der Waals surface area contributed by atoms with Gasteiger partial charge in [-0.25, -0.2) is 0 Å². The van der Waals surface area contributed by atoms with Crippen LogP contribution in [0, 0.1) is 6.92 Å². The van der Waals surface area contributed by atoms with Gasteiger partial charge in [-0.1, -0.05) is 47.7 Å². The topological polar surface area (TPSA) is 57.6 Å². The van der Waals surface area contributed by atoms with E-state index in [0.717, 1.165) is 26.7 Å². The summed E-state index contributed by atoms with van der Waals surface area (Å²) in [7, 11) is 0. The van der Waals surface area contributed by atoms with Crippen LogP contribution in [0.4, 0.5) is 5.69 Å². The van der Waals surface area contributed by atoms with E-state index in [-0.39, 0.29) is 12.2 Å². The number of rotatable bonds is 5. The van der Waals surface area contributed by atoms with Crippen molar-refractivity contribution in [1.29, 1.82) is 0 Å². The quantitative estimate of drug-likeness (QED) is 0.818. The van der Waals surface area contributed by atoms with Crippen molar-refractivity contribution in [3.8, 4) is 0 Å².